The quantitative estimate of drug-likeness (QED) is 0.674. The Bertz CT molecular complexity index is 390. The van der Waals surface area contributed by atoms with Gasteiger partial charge in [-0.25, -0.2) is 0 Å². The molecular weight excluding hydrogens is 357 g/mol. The van der Waals surface area contributed by atoms with Crippen molar-refractivity contribution in [2.45, 2.75) is 27.7 Å². The number of hydrogen-bond donors (Lipinski definition) is 0. The van der Waals surface area contributed by atoms with E-state index in [1.165, 1.54) is 28.0 Å². The largest absolute Gasteiger partial charge is 0.147 e. The van der Waals surface area contributed by atoms with Gasteiger partial charge in [-0.05, 0) is 0 Å². The Morgan fingerprint density at radius 3 is 1.88 bits per heavy atom. The summed E-state index contributed by atoms with van der Waals surface area (Å²) >= 11 is 1.35. The summed E-state index contributed by atoms with van der Waals surface area (Å²) in [7, 11) is -2.43. The fraction of sp³-hybridized carbons (Fsp3) is 0.636. The van der Waals surface area contributed by atoms with E-state index in [0.29, 0.717) is 23.1 Å². The van der Waals surface area contributed by atoms with E-state index < -0.39 is 7.68 Å². The molecule has 97 valence electrons. The van der Waals surface area contributed by atoms with Crippen molar-refractivity contribution in [2.75, 3.05) is 0 Å². The molecule has 0 heterocycles. The topological polar surface area (TPSA) is 34.1 Å². The molecule has 0 spiro atoms. The average Bonchev–Trinajstić information content (AvgIpc) is 2.42. The Hall–Kier alpha value is 0.843. The molecule has 1 atom stereocenters. The van der Waals surface area contributed by atoms with Crippen molar-refractivity contribution in [2.24, 2.45) is 17.8 Å². The Balaban J connectivity index is 0. The van der Waals surface area contributed by atoms with Gasteiger partial charge < -0.3 is 0 Å². The SMILES string of the molecule is CC(C)C1=[C]([Zr])C(C(C)C)C=C1P(=O)=O.Cl.Cl. The third-order valence-corrected chi connectivity index (χ3v) is 4.99. The second-order valence-electron chi connectivity index (χ2n) is 4.56. The fourth-order valence-corrected chi connectivity index (χ4v) is 5.13. The smallest absolute Gasteiger partial charge is 0.147 e. The van der Waals surface area contributed by atoms with Crippen LogP contribution in [0.3, 0.4) is 0 Å². The van der Waals surface area contributed by atoms with E-state index in [1.807, 2.05) is 6.08 Å². The second kappa shape index (κ2) is 8.10. The molecule has 0 aromatic heterocycles. The van der Waals surface area contributed by atoms with Gasteiger partial charge in [0.2, 0.25) is 0 Å². The van der Waals surface area contributed by atoms with Gasteiger partial charge in [0.15, 0.2) is 0 Å². The summed E-state index contributed by atoms with van der Waals surface area (Å²) in [6.45, 7) is 8.41. The van der Waals surface area contributed by atoms with Crippen LogP contribution in [0.1, 0.15) is 27.7 Å². The standard InChI is InChI=1S/C11H16O2P.2ClH.Zr/c1-7(2)9-5-10(8(3)4)11(6-9)14(12)13;;;/h6-9H,1-4H3;2*1H;. The van der Waals surface area contributed by atoms with Crippen molar-refractivity contribution in [1.29, 1.82) is 0 Å². The first-order valence-electron chi connectivity index (χ1n) is 5.18. The molecule has 2 nitrogen and oxygen atoms in total. The molecule has 1 aliphatic carbocycles. The van der Waals surface area contributed by atoms with Crippen molar-refractivity contribution in [1.82, 2.24) is 0 Å². The van der Waals surface area contributed by atoms with Crippen molar-refractivity contribution in [3.8, 4) is 0 Å². The number of allylic oxidation sites excluding steroid dienone is 4. The van der Waals surface area contributed by atoms with E-state index >= 15 is 0 Å². The molecule has 1 rings (SSSR count). The van der Waals surface area contributed by atoms with Crippen LogP contribution in [0, 0.1) is 17.8 Å². The van der Waals surface area contributed by atoms with Gasteiger partial charge in [0.25, 0.3) is 0 Å². The summed E-state index contributed by atoms with van der Waals surface area (Å²) in [6.07, 6.45) is 1.94. The van der Waals surface area contributed by atoms with Crippen LogP contribution in [0.15, 0.2) is 20.2 Å². The van der Waals surface area contributed by atoms with Crippen LogP contribution >= 0.6 is 32.5 Å². The molecular formula is C11H18Cl2O2PZr. The molecule has 0 saturated carbocycles. The van der Waals surface area contributed by atoms with Gasteiger partial charge in [0.05, 0.1) is 0 Å². The minimum absolute atomic E-state index is 0. The summed E-state index contributed by atoms with van der Waals surface area (Å²) < 4.78 is 23.7. The van der Waals surface area contributed by atoms with Crippen LogP contribution < -0.4 is 0 Å². The fourth-order valence-electron chi connectivity index (χ4n) is 1.95. The zero-order chi connectivity index (χ0) is 11.7. The Kier molecular flexibility index (Phi) is 9.61. The predicted octanol–water partition coefficient (Wildman–Crippen LogP) is 4.63. The summed E-state index contributed by atoms with van der Waals surface area (Å²) in [6, 6.07) is 0. The first kappa shape index (κ1) is 20.2. The Labute approximate surface area is 131 Å². The van der Waals surface area contributed by atoms with Gasteiger partial charge in [0, 0.05) is 0 Å². The van der Waals surface area contributed by atoms with Crippen molar-refractivity contribution >= 4 is 32.5 Å². The number of hydrogen-bond acceptors (Lipinski definition) is 2. The number of rotatable bonds is 3. The van der Waals surface area contributed by atoms with Crippen LogP contribution in [0.25, 0.3) is 0 Å². The molecule has 0 amide bonds. The molecule has 1 aliphatic rings. The van der Waals surface area contributed by atoms with Gasteiger partial charge in [-0.15, -0.1) is 24.8 Å². The minimum atomic E-state index is -2.43. The summed E-state index contributed by atoms with van der Waals surface area (Å²) in [5.41, 5.74) is 1.07. The van der Waals surface area contributed by atoms with Crippen LogP contribution in [-0.2, 0) is 33.8 Å². The van der Waals surface area contributed by atoms with E-state index in [9.17, 15) is 9.13 Å². The molecule has 0 bridgehead atoms. The minimum Gasteiger partial charge on any atom is -0.147 e. The van der Waals surface area contributed by atoms with Crippen molar-refractivity contribution in [3.63, 3.8) is 0 Å². The van der Waals surface area contributed by atoms with Crippen LogP contribution in [0.5, 0.6) is 0 Å². The molecule has 17 heavy (non-hydrogen) atoms. The molecule has 0 saturated heterocycles. The predicted molar refractivity (Wildman–Crippen MR) is 71.1 cm³/mol. The molecule has 0 aromatic carbocycles. The average molecular weight is 375 g/mol. The molecule has 6 heteroatoms. The van der Waals surface area contributed by atoms with Crippen LogP contribution in [0.2, 0.25) is 0 Å². The maximum Gasteiger partial charge on any atom is -0.147 e. The van der Waals surface area contributed by atoms with Gasteiger partial charge >= 0.3 is 107 Å². The maximum atomic E-state index is 11.2. The van der Waals surface area contributed by atoms with Gasteiger partial charge in [0.1, 0.15) is 0 Å². The summed E-state index contributed by atoms with van der Waals surface area (Å²) in [4.78, 5) is 0. The van der Waals surface area contributed by atoms with Crippen LogP contribution in [-0.4, -0.2) is 0 Å². The van der Waals surface area contributed by atoms with Gasteiger partial charge in [-0.2, -0.15) is 0 Å². The van der Waals surface area contributed by atoms with E-state index in [2.05, 4.69) is 27.7 Å². The zero-order valence-electron chi connectivity index (χ0n) is 10.4. The van der Waals surface area contributed by atoms with Crippen LogP contribution in [0.4, 0.5) is 0 Å². The summed E-state index contributed by atoms with van der Waals surface area (Å²) in [5, 5.41) is 0.575. The second-order valence-corrected chi connectivity index (χ2v) is 6.88. The zero-order valence-corrected chi connectivity index (χ0v) is 15.4. The Morgan fingerprint density at radius 2 is 1.65 bits per heavy atom. The van der Waals surface area contributed by atoms with E-state index in [-0.39, 0.29) is 24.8 Å². The third kappa shape index (κ3) is 4.46. The van der Waals surface area contributed by atoms with Gasteiger partial charge in [-0.3, -0.25) is 0 Å². The molecule has 0 radical (unpaired) electrons. The van der Waals surface area contributed by atoms with Crippen molar-refractivity contribution < 1.29 is 33.8 Å². The molecule has 1 unspecified atom stereocenters. The summed E-state index contributed by atoms with van der Waals surface area (Å²) in [5.74, 6) is 1.13. The van der Waals surface area contributed by atoms with Gasteiger partial charge in [-0.1, -0.05) is 0 Å². The molecule has 0 fully saturated rings. The van der Waals surface area contributed by atoms with E-state index in [1.54, 1.807) is 0 Å². The van der Waals surface area contributed by atoms with E-state index in [0.717, 1.165) is 5.57 Å². The maximum absolute atomic E-state index is 11.2. The third-order valence-electron chi connectivity index (χ3n) is 2.73. The Morgan fingerprint density at radius 1 is 1.18 bits per heavy atom. The first-order valence-corrected chi connectivity index (χ1v) is 7.59. The molecule has 0 aliphatic heterocycles. The molecule has 0 N–H and O–H groups in total. The molecule has 0 aromatic rings. The number of halogens is 2. The van der Waals surface area contributed by atoms with Crippen molar-refractivity contribution in [3.05, 3.63) is 20.2 Å². The monoisotopic (exact) mass is 373 g/mol. The van der Waals surface area contributed by atoms with E-state index in [4.69, 9.17) is 0 Å². The normalized spacial score (nSPS) is 18.9. The first-order chi connectivity index (χ1) is 6.86.